The molecule has 2 aromatic rings. The molecule has 0 atom stereocenters. The summed E-state index contributed by atoms with van der Waals surface area (Å²) in [5.41, 5.74) is -4.19. The van der Waals surface area contributed by atoms with Crippen LogP contribution in [0.1, 0.15) is 5.56 Å². The van der Waals surface area contributed by atoms with E-state index in [0.29, 0.717) is 11.3 Å². The first-order valence-corrected chi connectivity index (χ1v) is 8.23. The van der Waals surface area contributed by atoms with Crippen LogP contribution in [-0.4, -0.2) is 23.9 Å². The molecule has 0 aliphatic heterocycles. The molecule has 22 heavy (non-hydrogen) atoms. The van der Waals surface area contributed by atoms with Gasteiger partial charge in [0, 0.05) is 28.9 Å². The number of nitrogens with zero attached hydrogens (tertiary/aromatic N) is 2. The summed E-state index contributed by atoms with van der Waals surface area (Å²) in [6.07, 6.45) is 4.41. The number of hydrogen-bond donors (Lipinski definition) is 0. The summed E-state index contributed by atoms with van der Waals surface area (Å²) in [5, 5.41) is 0.101. The van der Waals surface area contributed by atoms with Crippen molar-refractivity contribution in [2.75, 3.05) is 0 Å². The van der Waals surface area contributed by atoms with Crippen LogP contribution in [0.15, 0.2) is 36.8 Å². The van der Waals surface area contributed by atoms with Gasteiger partial charge in [-0.05, 0) is 18.2 Å². The molecular formula is C12H8BrF3N2O3S. The van der Waals surface area contributed by atoms with Crippen molar-refractivity contribution in [1.29, 1.82) is 0 Å². The van der Waals surface area contributed by atoms with Crippen molar-refractivity contribution in [3.63, 3.8) is 0 Å². The van der Waals surface area contributed by atoms with Crippen LogP contribution in [0.5, 0.6) is 5.75 Å². The highest BCUT2D eigenvalue weighted by molar-refractivity contribution is 9.08. The van der Waals surface area contributed by atoms with Gasteiger partial charge in [-0.15, -0.1) is 0 Å². The van der Waals surface area contributed by atoms with Crippen LogP contribution in [0, 0.1) is 0 Å². The zero-order valence-electron chi connectivity index (χ0n) is 10.7. The average molecular weight is 397 g/mol. The molecule has 1 heterocycles. The molecule has 0 aliphatic carbocycles. The molecule has 0 unspecified atom stereocenters. The predicted molar refractivity (Wildman–Crippen MR) is 75.7 cm³/mol. The summed E-state index contributed by atoms with van der Waals surface area (Å²) in [6, 6.07) is 4.02. The van der Waals surface area contributed by atoms with Gasteiger partial charge >= 0.3 is 15.6 Å². The molecule has 1 aromatic heterocycles. The first-order chi connectivity index (χ1) is 10.2. The fourth-order valence-corrected chi connectivity index (χ4v) is 2.47. The number of benzene rings is 1. The summed E-state index contributed by atoms with van der Waals surface area (Å²) in [6.45, 7) is 0. The Kier molecular flexibility index (Phi) is 4.71. The summed E-state index contributed by atoms with van der Waals surface area (Å²) in [4.78, 5) is 7.93. The highest BCUT2D eigenvalue weighted by atomic mass is 79.9. The summed E-state index contributed by atoms with van der Waals surface area (Å²) >= 11 is 3.08. The Bertz CT molecular complexity index is 767. The molecule has 0 radical (unpaired) electrons. The third-order valence-electron chi connectivity index (χ3n) is 2.55. The zero-order valence-corrected chi connectivity index (χ0v) is 13.1. The highest BCUT2D eigenvalue weighted by Gasteiger charge is 2.48. The van der Waals surface area contributed by atoms with Gasteiger partial charge in [-0.3, -0.25) is 9.97 Å². The lowest BCUT2D eigenvalue weighted by Gasteiger charge is -2.13. The molecule has 0 aliphatic rings. The number of rotatable bonds is 4. The van der Waals surface area contributed by atoms with E-state index in [9.17, 15) is 21.6 Å². The largest absolute Gasteiger partial charge is 0.534 e. The maximum Gasteiger partial charge on any atom is 0.534 e. The summed E-state index contributed by atoms with van der Waals surface area (Å²) < 4.78 is 63.3. The Balaban J connectivity index is 2.40. The standard InChI is InChI=1S/C12H8BrF3N2O3S/c13-6-9-5-8(10-7-17-3-4-18-10)1-2-11(9)21-22(19,20)12(14,15)16/h1-5,7H,6H2. The van der Waals surface area contributed by atoms with E-state index in [1.165, 1.54) is 30.7 Å². The lowest BCUT2D eigenvalue weighted by atomic mass is 10.1. The van der Waals surface area contributed by atoms with Gasteiger partial charge in [0.15, 0.2) is 0 Å². The lowest BCUT2D eigenvalue weighted by Crippen LogP contribution is -2.28. The fourth-order valence-electron chi connectivity index (χ4n) is 1.54. The quantitative estimate of drug-likeness (QED) is 0.450. The molecule has 5 nitrogen and oxygen atoms in total. The molecule has 0 saturated carbocycles. The second kappa shape index (κ2) is 6.21. The van der Waals surface area contributed by atoms with Gasteiger partial charge in [-0.2, -0.15) is 21.6 Å². The number of alkyl halides is 4. The molecule has 118 valence electrons. The Labute approximate surface area is 132 Å². The molecule has 0 bridgehead atoms. The van der Waals surface area contributed by atoms with E-state index < -0.39 is 21.4 Å². The Morgan fingerprint density at radius 3 is 2.50 bits per heavy atom. The highest BCUT2D eigenvalue weighted by Crippen LogP contribution is 2.32. The van der Waals surface area contributed by atoms with E-state index in [-0.39, 0.29) is 10.9 Å². The average Bonchev–Trinajstić information content (AvgIpc) is 2.47. The van der Waals surface area contributed by atoms with Crippen molar-refractivity contribution < 1.29 is 25.8 Å². The van der Waals surface area contributed by atoms with E-state index in [1.807, 2.05) is 0 Å². The van der Waals surface area contributed by atoms with Crippen molar-refractivity contribution in [2.24, 2.45) is 0 Å². The zero-order chi connectivity index (χ0) is 16.4. The molecule has 2 rings (SSSR count). The van der Waals surface area contributed by atoms with E-state index in [0.717, 1.165) is 6.07 Å². The summed E-state index contributed by atoms with van der Waals surface area (Å²) in [7, 11) is -5.71. The van der Waals surface area contributed by atoms with Crippen LogP contribution >= 0.6 is 15.9 Å². The van der Waals surface area contributed by atoms with Crippen LogP contribution in [-0.2, 0) is 15.4 Å². The van der Waals surface area contributed by atoms with Crippen LogP contribution < -0.4 is 4.18 Å². The van der Waals surface area contributed by atoms with Crippen molar-refractivity contribution in [3.05, 3.63) is 42.4 Å². The van der Waals surface area contributed by atoms with Crippen molar-refractivity contribution in [3.8, 4) is 17.0 Å². The van der Waals surface area contributed by atoms with Crippen LogP contribution in [0.25, 0.3) is 11.3 Å². The minimum absolute atomic E-state index is 0.101. The third kappa shape index (κ3) is 3.55. The second-order valence-electron chi connectivity index (χ2n) is 4.03. The number of halogens is 4. The minimum atomic E-state index is -5.71. The molecule has 0 amide bonds. The molecule has 10 heteroatoms. The SMILES string of the molecule is O=S(=O)(Oc1ccc(-c2cnccn2)cc1CBr)C(F)(F)F. The topological polar surface area (TPSA) is 69.2 Å². The number of hydrogen-bond acceptors (Lipinski definition) is 5. The van der Waals surface area contributed by atoms with Crippen LogP contribution in [0.4, 0.5) is 13.2 Å². The van der Waals surface area contributed by atoms with Crippen molar-refractivity contribution >= 4 is 26.0 Å². The number of aromatic nitrogens is 2. The summed E-state index contributed by atoms with van der Waals surface area (Å²) in [5.74, 6) is -0.401. The van der Waals surface area contributed by atoms with E-state index >= 15 is 0 Å². The predicted octanol–water partition coefficient (Wildman–Crippen LogP) is 3.27. The molecule has 0 fully saturated rings. The van der Waals surface area contributed by atoms with E-state index in [4.69, 9.17) is 0 Å². The lowest BCUT2D eigenvalue weighted by molar-refractivity contribution is -0.0500. The maximum atomic E-state index is 12.4. The maximum absolute atomic E-state index is 12.4. The van der Waals surface area contributed by atoms with Gasteiger partial charge < -0.3 is 4.18 Å². The first-order valence-electron chi connectivity index (χ1n) is 5.70. The first kappa shape index (κ1) is 16.7. The third-order valence-corrected chi connectivity index (χ3v) is 4.12. The normalized spacial score (nSPS) is 12.2. The minimum Gasteiger partial charge on any atom is -0.376 e. The molecule has 0 N–H and O–H groups in total. The second-order valence-corrected chi connectivity index (χ2v) is 6.13. The molecule has 0 spiro atoms. The Morgan fingerprint density at radius 2 is 1.95 bits per heavy atom. The Hall–Kier alpha value is -1.68. The van der Waals surface area contributed by atoms with Crippen LogP contribution in [0.3, 0.4) is 0 Å². The van der Waals surface area contributed by atoms with Gasteiger partial charge in [0.2, 0.25) is 0 Å². The van der Waals surface area contributed by atoms with E-state index in [1.54, 1.807) is 0 Å². The van der Waals surface area contributed by atoms with Gasteiger partial charge in [0.1, 0.15) is 5.75 Å². The Morgan fingerprint density at radius 1 is 1.23 bits per heavy atom. The van der Waals surface area contributed by atoms with Crippen molar-refractivity contribution in [2.45, 2.75) is 10.8 Å². The van der Waals surface area contributed by atoms with Gasteiger partial charge in [-0.1, -0.05) is 15.9 Å². The van der Waals surface area contributed by atoms with E-state index in [2.05, 4.69) is 30.1 Å². The monoisotopic (exact) mass is 396 g/mol. The molecule has 1 aromatic carbocycles. The smallest absolute Gasteiger partial charge is 0.376 e. The van der Waals surface area contributed by atoms with Gasteiger partial charge in [0.05, 0.1) is 11.9 Å². The molecule has 0 saturated heterocycles. The van der Waals surface area contributed by atoms with Crippen molar-refractivity contribution in [1.82, 2.24) is 9.97 Å². The fraction of sp³-hybridized carbons (Fsp3) is 0.167. The van der Waals surface area contributed by atoms with Crippen LogP contribution in [0.2, 0.25) is 0 Å². The van der Waals surface area contributed by atoms with Gasteiger partial charge in [0.25, 0.3) is 0 Å². The van der Waals surface area contributed by atoms with Gasteiger partial charge in [-0.25, -0.2) is 0 Å². The molecular weight excluding hydrogens is 389 g/mol.